The fourth-order valence-electron chi connectivity index (χ4n) is 1.91. The van der Waals surface area contributed by atoms with Gasteiger partial charge in [0.15, 0.2) is 0 Å². The van der Waals surface area contributed by atoms with E-state index in [0.717, 1.165) is 11.3 Å². The first-order chi connectivity index (χ1) is 9.13. The predicted molar refractivity (Wildman–Crippen MR) is 72.2 cm³/mol. The Balaban J connectivity index is 2.42. The van der Waals surface area contributed by atoms with Gasteiger partial charge in [-0.15, -0.1) is 0 Å². The summed E-state index contributed by atoms with van der Waals surface area (Å²) in [5.41, 5.74) is 1.55. The summed E-state index contributed by atoms with van der Waals surface area (Å²) in [7, 11) is 0. The molecule has 0 saturated heterocycles. The second-order valence-corrected chi connectivity index (χ2v) is 4.53. The normalized spacial score (nSPS) is 10.5. The van der Waals surface area contributed by atoms with Gasteiger partial charge < -0.3 is 0 Å². The molecule has 1 aromatic heterocycles. The van der Waals surface area contributed by atoms with Crippen LogP contribution in [0.5, 0.6) is 0 Å². The Morgan fingerprint density at radius 3 is 2.74 bits per heavy atom. The summed E-state index contributed by atoms with van der Waals surface area (Å²) < 4.78 is 3.24. The number of hydrogen-bond donors (Lipinski definition) is 0. The first-order valence-electron chi connectivity index (χ1n) is 6.06. The smallest absolute Gasteiger partial charge is 0.296 e. The first-order valence-corrected chi connectivity index (χ1v) is 6.06. The minimum absolute atomic E-state index is 0.0777. The lowest BCUT2D eigenvalue weighted by molar-refractivity contribution is 0.562. The van der Waals surface area contributed by atoms with Crippen molar-refractivity contribution in [3.05, 3.63) is 52.7 Å². The molecule has 0 amide bonds. The Bertz CT molecular complexity index is 676. The summed E-state index contributed by atoms with van der Waals surface area (Å²) >= 11 is 0. The SMILES string of the molecule is CC(C)n1ccn(-c2cccc(CN=C=O)c2)c1=O. The van der Waals surface area contributed by atoms with Crippen molar-refractivity contribution in [2.75, 3.05) is 0 Å². The second-order valence-electron chi connectivity index (χ2n) is 4.53. The third-order valence-corrected chi connectivity index (χ3v) is 2.87. The van der Waals surface area contributed by atoms with Crippen molar-refractivity contribution in [1.29, 1.82) is 0 Å². The van der Waals surface area contributed by atoms with Gasteiger partial charge in [0.2, 0.25) is 6.08 Å². The highest BCUT2D eigenvalue weighted by Crippen LogP contribution is 2.11. The molecule has 0 aliphatic carbocycles. The number of rotatable bonds is 4. The van der Waals surface area contributed by atoms with Crippen LogP contribution in [0.2, 0.25) is 0 Å². The lowest BCUT2D eigenvalue weighted by Crippen LogP contribution is -2.24. The Morgan fingerprint density at radius 2 is 2.11 bits per heavy atom. The first kappa shape index (κ1) is 13.1. The van der Waals surface area contributed by atoms with E-state index < -0.39 is 0 Å². The van der Waals surface area contributed by atoms with Crippen LogP contribution < -0.4 is 5.69 Å². The van der Waals surface area contributed by atoms with E-state index in [0.29, 0.717) is 0 Å². The summed E-state index contributed by atoms with van der Waals surface area (Å²) in [6, 6.07) is 7.50. The number of carbonyl (C=O) groups excluding carboxylic acids is 1. The number of imidazole rings is 1. The van der Waals surface area contributed by atoms with Crippen LogP contribution in [0.1, 0.15) is 25.5 Å². The maximum absolute atomic E-state index is 12.2. The standard InChI is InChI=1S/C14H15N3O2/c1-11(2)16-6-7-17(14(16)19)13-5-3-4-12(8-13)9-15-10-18/h3-8,11H,9H2,1-2H3. The molecule has 5 nitrogen and oxygen atoms in total. The topological polar surface area (TPSA) is 56.4 Å². The largest absolute Gasteiger partial charge is 0.332 e. The molecule has 0 radical (unpaired) electrons. The van der Waals surface area contributed by atoms with E-state index in [2.05, 4.69) is 4.99 Å². The van der Waals surface area contributed by atoms with Crippen molar-refractivity contribution in [2.24, 2.45) is 4.99 Å². The molecule has 0 aliphatic rings. The maximum Gasteiger partial charge on any atom is 0.332 e. The van der Waals surface area contributed by atoms with Gasteiger partial charge in [-0.25, -0.2) is 14.6 Å². The number of hydrogen-bond acceptors (Lipinski definition) is 3. The zero-order valence-corrected chi connectivity index (χ0v) is 10.9. The number of aromatic nitrogens is 2. The molecule has 0 unspecified atom stereocenters. The summed E-state index contributed by atoms with van der Waals surface area (Å²) in [6.45, 7) is 4.19. The highest BCUT2D eigenvalue weighted by atomic mass is 16.1. The van der Waals surface area contributed by atoms with Gasteiger partial charge in [-0.3, -0.25) is 9.13 Å². The molecule has 0 saturated carbocycles. The van der Waals surface area contributed by atoms with Crippen molar-refractivity contribution >= 4 is 6.08 Å². The predicted octanol–water partition coefficient (Wildman–Crippen LogP) is 2.06. The van der Waals surface area contributed by atoms with Crippen molar-refractivity contribution in [3.63, 3.8) is 0 Å². The minimum Gasteiger partial charge on any atom is -0.296 e. The van der Waals surface area contributed by atoms with Crippen LogP contribution >= 0.6 is 0 Å². The van der Waals surface area contributed by atoms with Gasteiger partial charge in [0, 0.05) is 18.4 Å². The van der Waals surface area contributed by atoms with Crippen molar-refractivity contribution < 1.29 is 4.79 Å². The van der Waals surface area contributed by atoms with Gasteiger partial charge in [-0.1, -0.05) is 12.1 Å². The van der Waals surface area contributed by atoms with Crippen LogP contribution in [0.15, 0.2) is 46.4 Å². The van der Waals surface area contributed by atoms with Gasteiger partial charge in [0.05, 0.1) is 12.2 Å². The zero-order chi connectivity index (χ0) is 13.8. The van der Waals surface area contributed by atoms with E-state index >= 15 is 0 Å². The van der Waals surface area contributed by atoms with Gasteiger partial charge in [-0.05, 0) is 31.5 Å². The molecule has 0 N–H and O–H groups in total. The third kappa shape index (κ3) is 2.72. The molecule has 1 aromatic carbocycles. The summed E-state index contributed by atoms with van der Waals surface area (Å²) in [4.78, 5) is 25.8. The molecule has 98 valence electrons. The minimum atomic E-state index is -0.0777. The van der Waals surface area contributed by atoms with Crippen LogP contribution in [-0.2, 0) is 11.3 Å². The quantitative estimate of drug-likeness (QED) is 0.621. The lowest BCUT2D eigenvalue weighted by Gasteiger charge is -2.06. The van der Waals surface area contributed by atoms with Crippen LogP contribution in [0.4, 0.5) is 0 Å². The van der Waals surface area contributed by atoms with Gasteiger partial charge in [0.25, 0.3) is 0 Å². The fraction of sp³-hybridized carbons (Fsp3) is 0.286. The van der Waals surface area contributed by atoms with E-state index in [9.17, 15) is 9.59 Å². The molecule has 1 heterocycles. The Labute approximate surface area is 110 Å². The van der Waals surface area contributed by atoms with E-state index in [-0.39, 0.29) is 18.3 Å². The molecule has 2 aromatic rings. The lowest BCUT2D eigenvalue weighted by atomic mass is 10.2. The molecule has 0 bridgehead atoms. The number of aliphatic imine (C=N–C) groups is 1. The molecular formula is C14H15N3O2. The average molecular weight is 257 g/mol. The molecule has 0 aliphatic heterocycles. The van der Waals surface area contributed by atoms with Crippen LogP contribution in [0, 0.1) is 0 Å². The molecule has 5 heteroatoms. The van der Waals surface area contributed by atoms with E-state index in [1.807, 2.05) is 38.1 Å². The molecule has 2 rings (SSSR count). The summed E-state index contributed by atoms with van der Waals surface area (Å²) in [6.07, 6.45) is 5.02. The van der Waals surface area contributed by atoms with Crippen LogP contribution in [-0.4, -0.2) is 15.2 Å². The van der Waals surface area contributed by atoms with Crippen LogP contribution in [0.25, 0.3) is 5.69 Å². The molecule has 19 heavy (non-hydrogen) atoms. The highest BCUT2D eigenvalue weighted by molar-refractivity contribution is 5.38. The van der Waals surface area contributed by atoms with Crippen molar-refractivity contribution in [2.45, 2.75) is 26.4 Å². The number of nitrogens with zero attached hydrogens (tertiary/aromatic N) is 3. The monoisotopic (exact) mass is 257 g/mol. The van der Waals surface area contributed by atoms with E-state index in [1.54, 1.807) is 21.5 Å². The Hall–Kier alpha value is -2.39. The Kier molecular flexibility index (Phi) is 3.78. The highest BCUT2D eigenvalue weighted by Gasteiger charge is 2.07. The maximum atomic E-state index is 12.2. The van der Waals surface area contributed by atoms with Gasteiger partial charge in [-0.2, -0.15) is 0 Å². The molecule has 0 atom stereocenters. The Morgan fingerprint density at radius 1 is 1.32 bits per heavy atom. The average Bonchev–Trinajstić information content (AvgIpc) is 2.78. The van der Waals surface area contributed by atoms with Crippen LogP contribution in [0.3, 0.4) is 0 Å². The van der Waals surface area contributed by atoms with Gasteiger partial charge in [0.1, 0.15) is 0 Å². The number of benzene rings is 1. The molecular weight excluding hydrogens is 242 g/mol. The fourth-order valence-corrected chi connectivity index (χ4v) is 1.91. The van der Waals surface area contributed by atoms with E-state index in [4.69, 9.17) is 0 Å². The number of isocyanates is 1. The summed E-state index contributed by atoms with van der Waals surface area (Å²) in [5.74, 6) is 0. The second kappa shape index (κ2) is 5.50. The van der Waals surface area contributed by atoms with Gasteiger partial charge >= 0.3 is 5.69 Å². The van der Waals surface area contributed by atoms with Crippen molar-refractivity contribution in [1.82, 2.24) is 9.13 Å². The molecule has 0 spiro atoms. The third-order valence-electron chi connectivity index (χ3n) is 2.87. The van der Waals surface area contributed by atoms with E-state index in [1.165, 1.54) is 6.08 Å². The molecule has 0 fully saturated rings. The van der Waals surface area contributed by atoms with Crippen molar-refractivity contribution in [3.8, 4) is 5.69 Å². The summed E-state index contributed by atoms with van der Waals surface area (Å²) in [5, 5.41) is 0. The zero-order valence-electron chi connectivity index (χ0n) is 10.9.